The summed E-state index contributed by atoms with van der Waals surface area (Å²) in [6.07, 6.45) is 3.43. The number of likely N-dealkylation sites (N-methyl/N-ethyl adjacent to an activating group) is 1. The second-order valence-electron chi connectivity index (χ2n) is 5.75. The smallest absolute Gasteiger partial charge is 0.0900 e. The van der Waals surface area contributed by atoms with Gasteiger partial charge >= 0.3 is 0 Å². The van der Waals surface area contributed by atoms with Gasteiger partial charge in [-0.15, -0.1) is 11.3 Å². The molecule has 0 aliphatic heterocycles. The molecule has 126 valence electrons. The number of aliphatic hydroxyl groups is 1. The molecule has 0 aliphatic rings. The second kappa shape index (κ2) is 9.78. The van der Waals surface area contributed by atoms with Crippen LogP contribution in [0.25, 0.3) is 0 Å². The van der Waals surface area contributed by atoms with Crippen molar-refractivity contribution in [1.29, 1.82) is 0 Å². The second-order valence-corrected chi connectivity index (χ2v) is 6.78. The minimum atomic E-state index is -0.497. The zero-order valence-electron chi connectivity index (χ0n) is 13.9. The standard InChI is InChI=1S/C18H26N2O2S/c1-3-7-18(17-9-4-5-10-19-17)20(2)12-15(21)13-22-14-16-8-6-11-23-16/h4-6,8-11,15,18,21H,3,7,12-14H2,1-2H3/t15-,18-/m1/s1. The molecule has 0 saturated heterocycles. The lowest BCUT2D eigenvalue weighted by molar-refractivity contribution is 0.00716. The normalized spacial score (nSPS) is 14.1. The molecule has 0 unspecified atom stereocenters. The van der Waals surface area contributed by atoms with Gasteiger partial charge in [-0.3, -0.25) is 9.88 Å². The summed E-state index contributed by atoms with van der Waals surface area (Å²) >= 11 is 1.67. The summed E-state index contributed by atoms with van der Waals surface area (Å²) in [4.78, 5) is 7.82. The molecule has 2 heterocycles. The maximum Gasteiger partial charge on any atom is 0.0900 e. The maximum absolute atomic E-state index is 10.2. The van der Waals surface area contributed by atoms with E-state index in [1.54, 1.807) is 11.3 Å². The predicted molar refractivity (Wildman–Crippen MR) is 94.5 cm³/mol. The first kappa shape index (κ1) is 18.1. The molecule has 2 aromatic heterocycles. The van der Waals surface area contributed by atoms with E-state index in [2.05, 4.69) is 22.9 Å². The van der Waals surface area contributed by atoms with E-state index in [9.17, 15) is 5.11 Å². The number of rotatable bonds is 10. The van der Waals surface area contributed by atoms with Crippen LogP contribution in [0.3, 0.4) is 0 Å². The molecule has 0 aliphatic carbocycles. The Bertz CT molecular complexity index is 533. The third-order valence-electron chi connectivity index (χ3n) is 3.76. The molecule has 0 fully saturated rings. The molecule has 5 heteroatoms. The van der Waals surface area contributed by atoms with Crippen molar-refractivity contribution in [3.63, 3.8) is 0 Å². The Hall–Kier alpha value is -1.27. The van der Waals surface area contributed by atoms with Gasteiger partial charge in [-0.05, 0) is 37.0 Å². The van der Waals surface area contributed by atoms with Crippen molar-refractivity contribution < 1.29 is 9.84 Å². The average Bonchev–Trinajstić information content (AvgIpc) is 3.06. The zero-order chi connectivity index (χ0) is 16.5. The topological polar surface area (TPSA) is 45.6 Å². The minimum absolute atomic E-state index is 0.230. The lowest BCUT2D eigenvalue weighted by Gasteiger charge is -2.29. The molecule has 0 saturated carbocycles. The van der Waals surface area contributed by atoms with Crippen molar-refractivity contribution in [3.05, 3.63) is 52.5 Å². The van der Waals surface area contributed by atoms with Gasteiger partial charge in [-0.25, -0.2) is 0 Å². The van der Waals surface area contributed by atoms with Crippen LogP contribution in [0.2, 0.25) is 0 Å². The van der Waals surface area contributed by atoms with Gasteiger partial charge in [0.2, 0.25) is 0 Å². The number of pyridine rings is 1. The Balaban J connectivity index is 1.81. The van der Waals surface area contributed by atoms with Gasteiger partial charge in [-0.1, -0.05) is 25.5 Å². The van der Waals surface area contributed by atoms with E-state index < -0.39 is 6.10 Å². The first-order valence-electron chi connectivity index (χ1n) is 8.10. The maximum atomic E-state index is 10.2. The Morgan fingerprint density at radius 2 is 2.17 bits per heavy atom. The van der Waals surface area contributed by atoms with Crippen LogP contribution in [0.15, 0.2) is 41.9 Å². The fourth-order valence-electron chi connectivity index (χ4n) is 2.64. The zero-order valence-corrected chi connectivity index (χ0v) is 14.7. The molecular formula is C18H26N2O2S. The third kappa shape index (κ3) is 6.03. The number of thiophene rings is 1. The van der Waals surface area contributed by atoms with E-state index in [0.717, 1.165) is 18.5 Å². The molecule has 0 bridgehead atoms. The van der Waals surface area contributed by atoms with Crippen molar-refractivity contribution in [2.75, 3.05) is 20.2 Å². The molecule has 2 atom stereocenters. The molecule has 2 aromatic rings. The van der Waals surface area contributed by atoms with Gasteiger partial charge in [-0.2, -0.15) is 0 Å². The highest BCUT2D eigenvalue weighted by Gasteiger charge is 2.19. The van der Waals surface area contributed by atoms with Crippen LogP contribution in [-0.4, -0.2) is 41.3 Å². The van der Waals surface area contributed by atoms with Gasteiger partial charge in [0.25, 0.3) is 0 Å². The monoisotopic (exact) mass is 334 g/mol. The van der Waals surface area contributed by atoms with Gasteiger partial charge in [0.15, 0.2) is 0 Å². The Labute approximate surface area is 142 Å². The molecule has 0 spiro atoms. The quantitative estimate of drug-likeness (QED) is 0.722. The summed E-state index contributed by atoms with van der Waals surface area (Å²) in [7, 11) is 2.04. The van der Waals surface area contributed by atoms with E-state index in [-0.39, 0.29) is 6.04 Å². The van der Waals surface area contributed by atoms with Gasteiger partial charge in [0, 0.05) is 17.6 Å². The van der Waals surface area contributed by atoms with Gasteiger partial charge in [0.1, 0.15) is 0 Å². The fraction of sp³-hybridized carbons (Fsp3) is 0.500. The van der Waals surface area contributed by atoms with Crippen molar-refractivity contribution in [3.8, 4) is 0 Å². The minimum Gasteiger partial charge on any atom is -0.389 e. The Kier molecular flexibility index (Phi) is 7.68. The number of ether oxygens (including phenoxy) is 1. The van der Waals surface area contributed by atoms with Crippen molar-refractivity contribution >= 4 is 11.3 Å². The van der Waals surface area contributed by atoms with Crippen molar-refractivity contribution in [2.45, 2.75) is 38.5 Å². The summed E-state index contributed by atoms with van der Waals surface area (Å²) < 4.78 is 5.60. The largest absolute Gasteiger partial charge is 0.389 e. The summed E-state index contributed by atoms with van der Waals surface area (Å²) in [5.74, 6) is 0. The lowest BCUT2D eigenvalue weighted by Crippen LogP contribution is -2.35. The molecule has 23 heavy (non-hydrogen) atoms. The van der Waals surface area contributed by atoms with Gasteiger partial charge < -0.3 is 9.84 Å². The first-order valence-corrected chi connectivity index (χ1v) is 8.98. The number of hydrogen-bond donors (Lipinski definition) is 1. The van der Waals surface area contributed by atoms with E-state index in [0.29, 0.717) is 19.8 Å². The first-order chi connectivity index (χ1) is 11.2. The summed E-state index contributed by atoms with van der Waals surface area (Å²) in [5, 5.41) is 12.3. The van der Waals surface area contributed by atoms with Crippen LogP contribution in [0.5, 0.6) is 0 Å². The number of hydrogen-bond acceptors (Lipinski definition) is 5. The molecular weight excluding hydrogens is 308 g/mol. The number of nitrogens with zero attached hydrogens (tertiary/aromatic N) is 2. The van der Waals surface area contributed by atoms with Crippen LogP contribution < -0.4 is 0 Å². The van der Waals surface area contributed by atoms with Crippen LogP contribution in [0.4, 0.5) is 0 Å². The highest BCUT2D eigenvalue weighted by Crippen LogP contribution is 2.22. The molecule has 0 aromatic carbocycles. The van der Waals surface area contributed by atoms with Crippen LogP contribution in [-0.2, 0) is 11.3 Å². The van der Waals surface area contributed by atoms with Crippen LogP contribution in [0, 0.1) is 0 Å². The molecule has 2 rings (SSSR count). The lowest BCUT2D eigenvalue weighted by atomic mass is 10.1. The SMILES string of the molecule is CCC[C@H](c1ccccn1)N(C)C[C@@H](O)COCc1cccs1. The van der Waals surface area contributed by atoms with Crippen LogP contribution >= 0.6 is 11.3 Å². The summed E-state index contributed by atoms with van der Waals surface area (Å²) in [5.41, 5.74) is 1.06. The number of aliphatic hydroxyl groups excluding tert-OH is 1. The Morgan fingerprint density at radius 1 is 1.30 bits per heavy atom. The van der Waals surface area contributed by atoms with Gasteiger partial charge in [0.05, 0.1) is 31.1 Å². The van der Waals surface area contributed by atoms with E-state index in [1.165, 1.54) is 4.88 Å². The fourth-order valence-corrected chi connectivity index (χ4v) is 3.28. The predicted octanol–water partition coefficient (Wildman–Crippen LogP) is 3.49. The summed E-state index contributed by atoms with van der Waals surface area (Å²) in [6.45, 7) is 3.66. The van der Waals surface area contributed by atoms with Crippen molar-refractivity contribution in [1.82, 2.24) is 9.88 Å². The van der Waals surface area contributed by atoms with Crippen molar-refractivity contribution in [2.24, 2.45) is 0 Å². The molecule has 1 N–H and O–H groups in total. The van der Waals surface area contributed by atoms with E-state index in [4.69, 9.17) is 4.74 Å². The highest BCUT2D eigenvalue weighted by molar-refractivity contribution is 7.09. The summed E-state index contributed by atoms with van der Waals surface area (Å²) in [6, 6.07) is 10.3. The third-order valence-corrected chi connectivity index (χ3v) is 4.61. The number of aromatic nitrogens is 1. The Morgan fingerprint density at radius 3 is 2.83 bits per heavy atom. The highest BCUT2D eigenvalue weighted by atomic mass is 32.1. The molecule has 0 radical (unpaired) electrons. The van der Waals surface area contributed by atoms with E-state index >= 15 is 0 Å². The molecule has 4 nitrogen and oxygen atoms in total. The average molecular weight is 334 g/mol. The van der Waals surface area contributed by atoms with E-state index in [1.807, 2.05) is 42.9 Å². The molecule has 0 amide bonds. The van der Waals surface area contributed by atoms with Crippen LogP contribution in [0.1, 0.15) is 36.4 Å².